The molecule has 0 unspecified atom stereocenters. The van der Waals surface area contributed by atoms with Crippen LogP contribution in [0.15, 0.2) is 18.2 Å². The van der Waals surface area contributed by atoms with E-state index in [1.165, 1.54) is 12.0 Å². The van der Waals surface area contributed by atoms with Crippen LogP contribution >= 0.6 is 0 Å². The Morgan fingerprint density at radius 1 is 1.35 bits per heavy atom. The van der Waals surface area contributed by atoms with Crippen LogP contribution in [0, 0.1) is 0 Å². The van der Waals surface area contributed by atoms with Gasteiger partial charge in [-0.3, -0.25) is 9.59 Å². The SMILES string of the molecule is COc1cccc2c1C1(CCNCC1)C(=O)N2CC(=O)NCC(F)(F)F. The van der Waals surface area contributed by atoms with Crippen LogP contribution in [0.5, 0.6) is 5.75 Å². The van der Waals surface area contributed by atoms with Gasteiger partial charge >= 0.3 is 6.18 Å². The first-order valence-corrected chi connectivity index (χ1v) is 8.32. The molecule has 0 radical (unpaired) electrons. The van der Waals surface area contributed by atoms with Gasteiger partial charge in [0.1, 0.15) is 18.8 Å². The molecule has 1 saturated heterocycles. The molecule has 0 bridgehead atoms. The molecule has 2 aliphatic rings. The van der Waals surface area contributed by atoms with Crippen LogP contribution in [-0.4, -0.2) is 51.3 Å². The van der Waals surface area contributed by atoms with Gasteiger partial charge in [0.15, 0.2) is 0 Å². The summed E-state index contributed by atoms with van der Waals surface area (Å²) in [6.07, 6.45) is -3.41. The highest BCUT2D eigenvalue weighted by Crippen LogP contribution is 2.50. The van der Waals surface area contributed by atoms with Crippen molar-refractivity contribution in [2.24, 2.45) is 0 Å². The highest BCUT2D eigenvalue weighted by atomic mass is 19.4. The number of rotatable bonds is 4. The van der Waals surface area contributed by atoms with Gasteiger partial charge in [-0.25, -0.2) is 0 Å². The van der Waals surface area contributed by atoms with Crippen molar-refractivity contribution in [1.82, 2.24) is 10.6 Å². The smallest absolute Gasteiger partial charge is 0.405 e. The molecule has 9 heteroatoms. The molecule has 142 valence electrons. The lowest BCUT2D eigenvalue weighted by atomic mass is 9.73. The van der Waals surface area contributed by atoms with Crippen molar-refractivity contribution in [2.75, 3.05) is 38.2 Å². The van der Waals surface area contributed by atoms with Gasteiger partial charge in [-0.2, -0.15) is 13.2 Å². The molecule has 2 amide bonds. The Balaban J connectivity index is 1.91. The molecule has 26 heavy (non-hydrogen) atoms. The second kappa shape index (κ2) is 6.79. The van der Waals surface area contributed by atoms with E-state index in [9.17, 15) is 22.8 Å². The molecule has 2 aliphatic heterocycles. The molecule has 2 N–H and O–H groups in total. The van der Waals surface area contributed by atoms with Crippen molar-refractivity contribution in [1.29, 1.82) is 0 Å². The molecule has 1 spiro atoms. The molecule has 6 nitrogen and oxygen atoms in total. The number of anilines is 1. The zero-order valence-corrected chi connectivity index (χ0v) is 14.3. The standard InChI is InChI=1S/C17H20F3N3O3/c1-26-12-4-2-3-11-14(12)16(5-7-21-8-6-16)15(25)23(11)9-13(24)22-10-17(18,19)20/h2-4,21H,5-10H2,1H3,(H,22,24). The summed E-state index contributed by atoms with van der Waals surface area (Å²) in [5, 5.41) is 5.02. The monoisotopic (exact) mass is 371 g/mol. The number of carbonyl (C=O) groups is 2. The molecule has 0 atom stereocenters. The fourth-order valence-electron chi connectivity index (χ4n) is 3.74. The second-order valence-corrected chi connectivity index (χ2v) is 6.47. The Morgan fingerprint density at radius 2 is 2.04 bits per heavy atom. The van der Waals surface area contributed by atoms with Crippen LogP contribution in [0.25, 0.3) is 0 Å². The molecule has 1 aromatic rings. The van der Waals surface area contributed by atoms with Crippen molar-refractivity contribution >= 4 is 17.5 Å². The normalized spacial score (nSPS) is 18.8. The first-order valence-electron chi connectivity index (χ1n) is 8.32. The average Bonchev–Trinajstić information content (AvgIpc) is 2.83. The van der Waals surface area contributed by atoms with E-state index >= 15 is 0 Å². The Morgan fingerprint density at radius 3 is 2.65 bits per heavy atom. The van der Waals surface area contributed by atoms with E-state index in [1.807, 2.05) is 5.32 Å². The third-order valence-corrected chi connectivity index (χ3v) is 4.89. The Kier molecular flexibility index (Phi) is 4.83. The number of benzene rings is 1. The number of hydrogen-bond acceptors (Lipinski definition) is 4. The maximum atomic E-state index is 13.2. The van der Waals surface area contributed by atoms with Crippen LogP contribution in [0.4, 0.5) is 18.9 Å². The van der Waals surface area contributed by atoms with Gasteiger partial charge in [-0.05, 0) is 38.1 Å². The van der Waals surface area contributed by atoms with Crippen molar-refractivity contribution < 1.29 is 27.5 Å². The van der Waals surface area contributed by atoms with Crippen LogP contribution in [-0.2, 0) is 15.0 Å². The average molecular weight is 371 g/mol. The highest BCUT2D eigenvalue weighted by Gasteiger charge is 2.53. The predicted octanol–water partition coefficient (Wildman–Crippen LogP) is 1.34. The first kappa shape index (κ1) is 18.5. The van der Waals surface area contributed by atoms with Gasteiger partial charge in [-0.1, -0.05) is 6.07 Å². The van der Waals surface area contributed by atoms with E-state index in [1.54, 1.807) is 18.2 Å². The van der Waals surface area contributed by atoms with Crippen LogP contribution in [0.1, 0.15) is 18.4 Å². The topological polar surface area (TPSA) is 70.7 Å². The van der Waals surface area contributed by atoms with Gasteiger partial charge in [-0.15, -0.1) is 0 Å². The number of ether oxygens (including phenoxy) is 1. The van der Waals surface area contributed by atoms with Gasteiger partial charge in [0, 0.05) is 5.56 Å². The molecule has 0 aliphatic carbocycles. The van der Waals surface area contributed by atoms with Crippen molar-refractivity contribution in [3.8, 4) is 5.75 Å². The van der Waals surface area contributed by atoms with E-state index in [0.717, 1.165) is 5.56 Å². The number of alkyl halides is 3. The van der Waals surface area contributed by atoms with Gasteiger partial charge in [0.2, 0.25) is 11.8 Å². The lowest BCUT2D eigenvalue weighted by Gasteiger charge is -2.33. The fourth-order valence-corrected chi connectivity index (χ4v) is 3.74. The summed E-state index contributed by atoms with van der Waals surface area (Å²) in [7, 11) is 1.51. The minimum absolute atomic E-state index is 0.263. The maximum absolute atomic E-state index is 13.2. The van der Waals surface area contributed by atoms with Crippen molar-refractivity contribution in [3.63, 3.8) is 0 Å². The number of nitrogens with zero attached hydrogens (tertiary/aromatic N) is 1. The summed E-state index contributed by atoms with van der Waals surface area (Å²) < 4.78 is 42.4. The Hall–Kier alpha value is -2.29. The van der Waals surface area contributed by atoms with E-state index in [0.29, 0.717) is 37.4 Å². The number of methoxy groups -OCH3 is 1. The minimum Gasteiger partial charge on any atom is -0.496 e. The Bertz CT molecular complexity index is 715. The predicted molar refractivity (Wildman–Crippen MR) is 88.2 cm³/mol. The van der Waals surface area contributed by atoms with Gasteiger partial charge in [0.25, 0.3) is 0 Å². The number of fused-ring (bicyclic) bond motifs is 2. The third kappa shape index (κ3) is 3.23. The molecule has 2 heterocycles. The number of hydrogen-bond donors (Lipinski definition) is 2. The van der Waals surface area contributed by atoms with Gasteiger partial charge in [0.05, 0.1) is 18.2 Å². The van der Waals surface area contributed by atoms with Crippen LogP contribution in [0.2, 0.25) is 0 Å². The molecular formula is C17H20F3N3O3. The maximum Gasteiger partial charge on any atom is 0.405 e. The zero-order valence-electron chi connectivity index (χ0n) is 14.3. The largest absolute Gasteiger partial charge is 0.496 e. The summed E-state index contributed by atoms with van der Waals surface area (Å²) in [6.45, 7) is -0.604. The lowest BCUT2D eigenvalue weighted by Crippen LogP contribution is -2.49. The number of amides is 2. The van der Waals surface area contributed by atoms with Crippen molar-refractivity contribution in [3.05, 3.63) is 23.8 Å². The van der Waals surface area contributed by atoms with E-state index in [4.69, 9.17) is 4.74 Å². The van der Waals surface area contributed by atoms with E-state index < -0.39 is 30.6 Å². The van der Waals surface area contributed by atoms with Crippen molar-refractivity contribution in [2.45, 2.75) is 24.4 Å². The van der Waals surface area contributed by atoms with Crippen LogP contribution < -0.4 is 20.3 Å². The molecule has 1 fully saturated rings. The molecule has 3 rings (SSSR count). The Labute approximate surface area is 148 Å². The summed E-state index contributed by atoms with van der Waals surface area (Å²) in [6, 6.07) is 5.15. The molecule has 1 aromatic carbocycles. The summed E-state index contributed by atoms with van der Waals surface area (Å²) in [4.78, 5) is 26.4. The highest BCUT2D eigenvalue weighted by molar-refractivity contribution is 6.11. The minimum atomic E-state index is -4.50. The van der Waals surface area contributed by atoms with Crippen LogP contribution in [0.3, 0.4) is 0 Å². The lowest BCUT2D eigenvalue weighted by molar-refractivity contribution is -0.138. The summed E-state index contributed by atoms with van der Waals surface area (Å²) >= 11 is 0. The van der Waals surface area contributed by atoms with E-state index in [-0.39, 0.29) is 5.91 Å². The zero-order chi connectivity index (χ0) is 18.9. The molecular weight excluding hydrogens is 351 g/mol. The third-order valence-electron chi connectivity index (χ3n) is 4.89. The fraction of sp³-hybridized carbons (Fsp3) is 0.529. The first-order chi connectivity index (χ1) is 12.3. The quantitative estimate of drug-likeness (QED) is 0.838. The summed E-state index contributed by atoms with van der Waals surface area (Å²) in [5.41, 5.74) is 0.438. The summed E-state index contributed by atoms with van der Waals surface area (Å²) in [5.74, 6) is -0.563. The number of halogens is 3. The molecule has 0 aromatic heterocycles. The number of carbonyl (C=O) groups excluding carboxylic acids is 2. The number of piperidine rings is 1. The molecule has 0 saturated carbocycles. The van der Waals surface area contributed by atoms with Gasteiger partial charge < -0.3 is 20.3 Å². The van der Waals surface area contributed by atoms with E-state index in [2.05, 4.69) is 5.32 Å². The second-order valence-electron chi connectivity index (χ2n) is 6.47. The number of nitrogens with one attached hydrogen (secondary N) is 2.